The zero-order valence-corrected chi connectivity index (χ0v) is 16.4. The van der Waals surface area contributed by atoms with Crippen LogP contribution in [0.3, 0.4) is 0 Å². The number of sulfonamides is 1. The van der Waals surface area contributed by atoms with Gasteiger partial charge in [0.15, 0.2) is 0 Å². The van der Waals surface area contributed by atoms with Gasteiger partial charge in [0.25, 0.3) is 0 Å². The summed E-state index contributed by atoms with van der Waals surface area (Å²) in [7, 11) is -3.33. The van der Waals surface area contributed by atoms with Crippen molar-refractivity contribution < 1.29 is 13.2 Å². The van der Waals surface area contributed by atoms with E-state index >= 15 is 0 Å². The molecule has 0 aromatic heterocycles. The van der Waals surface area contributed by atoms with Crippen molar-refractivity contribution in [2.24, 2.45) is 5.92 Å². The standard InChI is InChI=1S/C21H25NO3S/c1-6-15-7-9-16(10-8-15)20-14(2)21(3,4)25-19-13-17(11-12-18(19)20)22-26(5,23)24/h6-14,20,22H,1H2,2-5H3/t14-,20?/m1/s1. The van der Waals surface area contributed by atoms with Crippen molar-refractivity contribution in [2.45, 2.75) is 32.3 Å². The van der Waals surface area contributed by atoms with Crippen molar-refractivity contribution in [3.63, 3.8) is 0 Å². The molecule has 0 spiro atoms. The molecule has 1 aliphatic rings. The van der Waals surface area contributed by atoms with E-state index in [1.165, 1.54) is 5.56 Å². The Morgan fingerprint density at radius 3 is 2.38 bits per heavy atom. The lowest BCUT2D eigenvalue weighted by Gasteiger charge is -2.44. The zero-order valence-electron chi connectivity index (χ0n) is 15.6. The van der Waals surface area contributed by atoms with Gasteiger partial charge in [-0.1, -0.05) is 49.9 Å². The Labute approximate surface area is 156 Å². The second kappa shape index (κ2) is 6.47. The van der Waals surface area contributed by atoms with E-state index in [-0.39, 0.29) is 17.4 Å². The van der Waals surface area contributed by atoms with Gasteiger partial charge in [0.05, 0.1) is 11.9 Å². The fourth-order valence-corrected chi connectivity index (χ4v) is 4.07. The maximum absolute atomic E-state index is 11.5. The third-order valence-corrected chi connectivity index (χ3v) is 5.76. The summed E-state index contributed by atoms with van der Waals surface area (Å²) in [5.41, 5.74) is 3.50. The molecule has 2 aromatic carbocycles. The first kappa shape index (κ1) is 18.5. The van der Waals surface area contributed by atoms with E-state index < -0.39 is 10.0 Å². The molecule has 0 saturated carbocycles. The Balaban J connectivity index is 2.09. The van der Waals surface area contributed by atoms with E-state index in [0.29, 0.717) is 5.69 Å². The van der Waals surface area contributed by atoms with Gasteiger partial charge in [0.2, 0.25) is 10.0 Å². The summed E-state index contributed by atoms with van der Waals surface area (Å²) in [5, 5.41) is 0. The van der Waals surface area contributed by atoms with Crippen LogP contribution in [-0.4, -0.2) is 20.3 Å². The predicted molar refractivity (Wildman–Crippen MR) is 107 cm³/mol. The molecule has 4 nitrogen and oxygen atoms in total. The number of rotatable bonds is 4. The Kier molecular flexibility index (Phi) is 4.61. The molecule has 0 amide bonds. The topological polar surface area (TPSA) is 55.4 Å². The lowest BCUT2D eigenvalue weighted by Crippen LogP contribution is -2.43. The van der Waals surface area contributed by atoms with Gasteiger partial charge in [0, 0.05) is 23.5 Å². The van der Waals surface area contributed by atoms with Gasteiger partial charge in [-0.15, -0.1) is 0 Å². The lowest BCUT2D eigenvalue weighted by atomic mass is 9.72. The van der Waals surface area contributed by atoms with Crippen LogP contribution in [0, 0.1) is 5.92 Å². The predicted octanol–water partition coefficient (Wildman–Crippen LogP) is 4.64. The van der Waals surface area contributed by atoms with E-state index in [2.05, 4.69) is 56.3 Å². The highest BCUT2D eigenvalue weighted by Gasteiger charge is 2.41. The fourth-order valence-electron chi connectivity index (χ4n) is 3.51. The van der Waals surface area contributed by atoms with Crippen LogP contribution in [0.4, 0.5) is 5.69 Å². The van der Waals surface area contributed by atoms with Crippen LogP contribution in [-0.2, 0) is 10.0 Å². The third kappa shape index (κ3) is 3.63. The largest absolute Gasteiger partial charge is 0.487 e. The molecule has 138 valence electrons. The van der Waals surface area contributed by atoms with E-state index in [4.69, 9.17) is 4.74 Å². The summed E-state index contributed by atoms with van der Waals surface area (Å²) in [5.74, 6) is 1.14. The molecule has 2 atom stereocenters. The van der Waals surface area contributed by atoms with Crippen molar-refractivity contribution in [3.05, 3.63) is 65.7 Å². The van der Waals surface area contributed by atoms with Gasteiger partial charge in [-0.05, 0) is 31.0 Å². The Bertz CT molecular complexity index is 930. The molecule has 1 aliphatic heterocycles. The summed E-state index contributed by atoms with van der Waals surface area (Å²) in [6.45, 7) is 10.1. The molecule has 1 N–H and O–H groups in total. The van der Waals surface area contributed by atoms with Gasteiger partial charge < -0.3 is 4.74 Å². The van der Waals surface area contributed by atoms with Crippen LogP contribution in [0.2, 0.25) is 0 Å². The average molecular weight is 372 g/mol. The molecule has 1 heterocycles. The van der Waals surface area contributed by atoms with Crippen LogP contribution in [0.15, 0.2) is 49.0 Å². The van der Waals surface area contributed by atoms with Gasteiger partial charge in [-0.2, -0.15) is 0 Å². The van der Waals surface area contributed by atoms with Crippen LogP contribution in [0.25, 0.3) is 6.08 Å². The molecule has 2 aromatic rings. The maximum Gasteiger partial charge on any atom is 0.229 e. The second-order valence-electron chi connectivity index (χ2n) is 7.47. The minimum Gasteiger partial charge on any atom is -0.487 e. The number of fused-ring (bicyclic) bond motifs is 1. The number of benzene rings is 2. The van der Waals surface area contributed by atoms with E-state index in [1.807, 2.05) is 12.1 Å². The Hall–Kier alpha value is -2.27. The Morgan fingerprint density at radius 1 is 1.15 bits per heavy atom. The van der Waals surface area contributed by atoms with Gasteiger partial charge in [-0.25, -0.2) is 8.42 Å². The highest BCUT2D eigenvalue weighted by molar-refractivity contribution is 7.92. The number of hydrogen-bond donors (Lipinski definition) is 1. The fraction of sp³-hybridized carbons (Fsp3) is 0.333. The minimum absolute atomic E-state index is 0.167. The van der Waals surface area contributed by atoms with Gasteiger partial charge in [-0.3, -0.25) is 4.72 Å². The molecule has 0 bridgehead atoms. The van der Waals surface area contributed by atoms with Gasteiger partial charge >= 0.3 is 0 Å². The van der Waals surface area contributed by atoms with Crippen LogP contribution in [0.1, 0.15) is 43.4 Å². The second-order valence-corrected chi connectivity index (χ2v) is 9.22. The first-order chi connectivity index (χ1) is 12.1. The van der Waals surface area contributed by atoms with Crippen LogP contribution < -0.4 is 9.46 Å². The molecule has 1 unspecified atom stereocenters. The quantitative estimate of drug-likeness (QED) is 0.852. The first-order valence-electron chi connectivity index (χ1n) is 8.64. The molecular formula is C21H25NO3S. The summed E-state index contributed by atoms with van der Waals surface area (Å²) >= 11 is 0. The smallest absolute Gasteiger partial charge is 0.229 e. The molecule has 0 aliphatic carbocycles. The highest BCUT2D eigenvalue weighted by atomic mass is 32.2. The summed E-state index contributed by atoms with van der Waals surface area (Å²) in [6.07, 6.45) is 2.97. The number of anilines is 1. The maximum atomic E-state index is 11.5. The van der Waals surface area contributed by atoms with Gasteiger partial charge in [0.1, 0.15) is 11.4 Å². The van der Waals surface area contributed by atoms with Crippen molar-refractivity contribution in [3.8, 4) is 5.75 Å². The molecule has 0 fully saturated rings. The highest BCUT2D eigenvalue weighted by Crippen LogP contribution is 2.48. The molecule has 0 saturated heterocycles. The molecule has 5 heteroatoms. The Morgan fingerprint density at radius 2 is 1.81 bits per heavy atom. The van der Waals surface area contributed by atoms with Crippen LogP contribution in [0.5, 0.6) is 5.75 Å². The van der Waals surface area contributed by atoms with E-state index in [9.17, 15) is 8.42 Å². The van der Waals surface area contributed by atoms with Crippen molar-refractivity contribution in [1.82, 2.24) is 0 Å². The number of nitrogens with one attached hydrogen (secondary N) is 1. The summed E-state index contributed by atoms with van der Waals surface area (Å²) in [6, 6.07) is 13.9. The molecule has 3 rings (SSSR count). The SMILES string of the molecule is C=Cc1ccc(C2c3ccc(NS(C)(=O)=O)cc3OC(C)(C)[C@@H]2C)cc1. The minimum atomic E-state index is -3.33. The lowest BCUT2D eigenvalue weighted by molar-refractivity contribution is 0.0260. The molecule has 26 heavy (non-hydrogen) atoms. The number of hydrogen-bond acceptors (Lipinski definition) is 3. The molecule has 0 radical (unpaired) electrons. The zero-order chi connectivity index (χ0) is 19.1. The van der Waals surface area contributed by atoms with Crippen molar-refractivity contribution in [1.29, 1.82) is 0 Å². The molecular weight excluding hydrogens is 346 g/mol. The van der Waals surface area contributed by atoms with E-state index in [1.54, 1.807) is 12.1 Å². The third-order valence-electron chi connectivity index (χ3n) is 5.15. The van der Waals surface area contributed by atoms with Crippen molar-refractivity contribution in [2.75, 3.05) is 11.0 Å². The summed E-state index contributed by atoms with van der Waals surface area (Å²) in [4.78, 5) is 0. The first-order valence-corrected chi connectivity index (χ1v) is 10.5. The van der Waals surface area contributed by atoms with Crippen molar-refractivity contribution >= 4 is 21.8 Å². The monoisotopic (exact) mass is 371 g/mol. The van der Waals surface area contributed by atoms with E-state index in [0.717, 1.165) is 23.1 Å². The average Bonchev–Trinajstić information content (AvgIpc) is 2.55. The number of ether oxygens (including phenoxy) is 1. The normalized spacial score (nSPS) is 21.4. The van der Waals surface area contributed by atoms with Crippen LogP contribution >= 0.6 is 0 Å². The summed E-state index contributed by atoms with van der Waals surface area (Å²) < 4.78 is 31.8.